The Morgan fingerprint density at radius 3 is 2.68 bits per heavy atom. The number of rotatable bonds is 3. The van der Waals surface area contributed by atoms with Crippen LogP contribution in [0.4, 0.5) is 0 Å². The van der Waals surface area contributed by atoms with E-state index in [9.17, 15) is 0 Å². The molecule has 2 bridgehead atoms. The molecular weight excluding hydrogens is 336 g/mol. The molecule has 1 aromatic heterocycles. The highest BCUT2D eigenvalue weighted by Crippen LogP contribution is 2.39. The fraction of sp³-hybridized carbons (Fsp3) is 0.316. The molecular formula is C19H19BrN2. The van der Waals surface area contributed by atoms with E-state index in [-0.39, 0.29) is 0 Å². The van der Waals surface area contributed by atoms with Gasteiger partial charge < -0.3 is 0 Å². The Hall–Kier alpha value is -1.45. The molecule has 4 rings (SSSR count). The number of hydrogen-bond donors (Lipinski definition) is 0. The topological polar surface area (TPSA) is 16.1 Å². The van der Waals surface area contributed by atoms with Crippen molar-refractivity contribution in [3.8, 4) is 0 Å². The highest BCUT2D eigenvalue weighted by Gasteiger charge is 2.36. The maximum atomic E-state index is 4.37. The van der Waals surface area contributed by atoms with Gasteiger partial charge in [0.25, 0.3) is 0 Å². The fourth-order valence-electron chi connectivity index (χ4n) is 3.74. The number of benzene rings is 1. The standard InChI is InChI=1S/C19H19BrN2/c20-19-9-6-15(12-21-19)16-10-17-7-8-18(11-16)22(17)13-14-4-2-1-3-5-14/h1-6,9-10,12,17-18H,7-8,11,13H2. The van der Waals surface area contributed by atoms with Gasteiger partial charge in [-0.3, -0.25) is 4.90 Å². The van der Waals surface area contributed by atoms with E-state index in [1.165, 1.54) is 29.5 Å². The molecule has 2 unspecified atom stereocenters. The Balaban J connectivity index is 1.56. The van der Waals surface area contributed by atoms with Gasteiger partial charge in [0.05, 0.1) is 0 Å². The van der Waals surface area contributed by atoms with E-state index in [1.807, 2.05) is 12.3 Å². The molecule has 1 aromatic carbocycles. The molecule has 2 atom stereocenters. The Morgan fingerprint density at radius 2 is 1.95 bits per heavy atom. The van der Waals surface area contributed by atoms with Crippen LogP contribution < -0.4 is 0 Å². The zero-order chi connectivity index (χ0) is 14.9. The second-order valence-electron chi connectivity index (χ2n) is 6.22. The van der Waals surface area contributed by atoms with Crippen molar-refractivity contribution in [2.24, 2.45) is 0 Å². The van der Waals surface area contributed by atoms with Gasteiger partial charge in [-0.2, -0.15) is 0 Å². The van der Waals surface area contributed by atoms with Crippen LogP contribution in [0.5, 0.6) is 0 Å². The summed E-state index contributed by atoms with van der Waals surface area (Å²) in [4.78, 5) is 7.05. The van der Waals surface area contributed by atoms with Gasteiger partial charge in [-0.25, -0.2) is 4.98 Å². The molecule has 1 fully saturated rings. The van der Waals surface area contributed by atoms with E-state index >= 15 is 0 Å². The van der Waals surface area contributed by atoms with Gasteiger partial charge in [0.1, 0.15) is 4.60 Å². The average molecular weight is 355 g/mol. The average Bonchev–Trinajstić information content (AvgIpc) is 2.79. The summed E-state index contributed by atoms with van der Waals surface area (Å²) in [5.74, 6) is 0. The lowest BCUT2D eigenvalue weighted by Gasteiger charge is -2.34. The lowest BCUT2D eigenvalue weighted by atomic mass is 9.95. The molecule has 2 aromatic rings. The summed E-state index contributed by atoms with van der Waals surface area (Å²) in [5.41, 5.74) is 4.16. The molecule has 0 radical (unpaired) electrons. The predicted octanol–water partition coefficient (Wildman–Crippen LogP) is 4.66. The van der Waals surface area contributed by atoms with Crippen LogP contribution in [0.2, 0.25) is 0 Å². The quantitative estimate of drug-likeness (QED) is 0.744. The van der Waals surface area contributed by atoms with Crippen LogP contribution in [0.1, 0.15) is 30.4 Å². The lowest BCUT2D eigenvalue weighted by Crippen LogP contribution is -2.37. The van der Waals surface area contributed by atoms with Crippen molar-refractivity contribution < 1.29 is 0 Å². The van der Waals surface area contributed by atoms with Crippen LogP contribution in [0.25, 0.3) is 5.57 Å². The van der Waals surface area contributed by atoms with Crippen molar-refractivity contribution in [3.63, 3.8) is 0 Å². The van der Waals surface area contributed by atoms with E-state index in [0.29, 0.717) is 12.1 Å². The number of aromatic nitrogens is 1. The van der Waals surface area contributed by atoms with Gasteiger partial charge in [0.15, 0.2) is 0 Å². The van der Waals surface area contributed by atoms with Crippen LogP contribution in [-0.4, -0.2) is 22.0 Å². The third-order valence-electron chi connectivity index (χ3n) is 4.85. The highest BCUT2D eigenvalue weighted by atomic mass is 79.9. The molecule has 0 N–H and O–H groups in total. The van der Waals surface area contributed by atoms with Gasteiger partial charge in [-0.15, -0.1) is 0 Å². The largest absolute Gasteiger partial charge is 0.289 e. The van der Waals surface area contributed by atoms with Crippen molar-refractivity contribution in [2.45, 2.75) is 37.9 Å². The molecule has 22 heavy (non-hydrogen) atoms. The summed E-state index contributed by atoms with van der Waals surface area (Å²) in [5, 5.41) is 0. The summed E-state index contributed by atoms with van der Waals surface area (Å²) < 4.78 is 0.904. The number of fused-ring (bicyclic) bond motifs is 2. The predicted molar refractivity (Wildman–Crippen MR) is 93.3 cm³/mol. The van der Waals surface area contributed by atoms with Gasteiger partial charge >= 0.3 is 0 Å². The molecule has 0 aliphatic carbocycles. The minimum Gasteiger partial charge on any atom is -0.289 e. The van der Waals surface area contributed by atoms with Gasteiger partial charge in [-0.1, -0.05) is 42.5 Å². The first-order valence-corrected chi connectivity index (χ1v) is 8.71. The van der Waals surface area contributed by atoms with Crippen LogP contribution in [-0.2, 0) is 6.54 Å². The number of halogens is 1. The molecule has 1 saturated heterocycles. The van der Waals surface area contributed by atoms with Crippen molar-refractivity contribution in [1.82, 2.24) is 9.88 Å². The highest BCUT2D eigenvalue weighted by molar-refractivity contribution is 9.10. The van der Waals surface area contributed by atoms with E-state index in [0.717, 1.165) is 17.6 Å². The van der Waals surface area contributed by atoms with Crippen molar-refractivity contribution in [1.29, 1.82) is 0 Å². The molecule has 0 saturated carbocycles. The zero-order valence-corrected chi connectivity index (χ0v) is 14.0. The minimum absolute atomic E-state index is 0.581. The summed E-state index contributed by atoms with van der Waals surface area (Å²) in [6.07, 6.45) is 8.19. The Bertz CT molecular complexity index is 678. The first kappa shape index (κ1) is 14.2. The Kier molecular flexibility index (Phi) is 3.85. The van der Waals surface area contributed by atoms with Crippen LogP contribution >= 0.6 is 15.9 Å². The second kappa shape index (κ2) is 5.98. The molecule has 0 spiro atoms. The number of pyridine rings is 1. The zero-order valence-electron chi connectivity index (χ0n) is 12.5. The Morgan fingerprint density at radius 1 is 1.09 bits per heavy atom. The SMILES string of the molecule is Brc1ccc(C2=CC3CCC(C2)N3Cc2ccccc2)cn1. The van der Waals surface area contributed by atoms with Crippen LogP contribution in [0.3, 0.4) is 0 Å². The van der Waals surface area contributed by atoms with Crippen molar-refractivity contribution in [2.75, 3.05) is 0 Å². The van der Waals surface area contributed by atoms with E-state index < -0.39 is 0 Å². The summed E-state index contributed by atoms with van der Waals surface area (Å²) in [6, 6.07) is 16.3. The lowest BCUT2D eigenvalue weighted by molar-refractivity contribution is 0.203. The second-order valence-corrected chi connectivity index (χ2v) is 7.03. The van der Waals surface area contributed by atoms with E-state index in [4.69, 9.17) is 0 Å². The normalized spacial score (nSPS) is 24.3. The van der Waals surface area contributed by atoms with E-state index in [1.54, 1.807) is 0 Å². The molecule has 2 aliphatic heterocycles. The Labute approximate surface area is 140 Å². The number of hydrogen-bond acceptors (Lipinski definition) is 2. The van der Waals surface area contributed by atoms with Crippen LogP contribution in [0.15, 0.2) is 59.3 Å². The van der Waals surface area contributed by atoms with Crippen LogP contribution in [0, 0.1) is 0 Å². The number of nitrogens with zero attached hydrogens (tertiary/aromatic N) is 2. The maximum Gasteiger partial charge on any atom is 0.106 e. The smallest absolute Gasteiger partial charge is 0.106 e. The molecule has 3 heterocycles. The molecule has 112 valence electrons. The van der Waals surface area contributed by atoms with Gasteiger partial charge in [0, 0.05) is 24.8 Å². The fourth-order valence-corrected chi connectivity index (χ4v) is 3.97. The first-order valence-electron chi connectivity index (χ1n) is 7.92. The molecule has 2 nitrogen and oxygen atoms in total. The monoisotopic (exact) mass is 354 g/mol. The maximum absolute atomic E-state index is 4.37. The summed E-state index contributed by atoms with van der Waals surface area (Å²) >= 11 is 3.41. The van der Waals surface area contributed by atoms with Gasteiger partial charge in [-0.05, 0) is 58.0 Å². The third kappa shape index (κ3) is 2.75. The third-order valence-corrected chi connectivity index (χ3v) is 5.32. The van der Waals surface area contributed by atoms with Crippen molar-refractivity contribution >= 4 is 21.5 Å². The molecule has 2 aliphatic rings. The molecule has 3 heteroatoms. The summed E-state index contributed by atoms with van der Waals surface area (Å²) in [7, 11) is 0. The summed E-state index contributed by atoms with van der Waals surface area (Å²) in [6.45, 7) is 1.07. The van der Waals surface area contributed by atoms with Crippen molar-refractivity contribution in [3.05, 3.63) is 70.5 Å². The van der Waals surface area contributed by atoms with Gasteiger partial charge in [0.2, 0.25) is 0 Å². The first-order chi connectivity index (χ1) is 10.8. The molecule has 0 amide bonds. The van der Waals surface area contributed by atoms with E-state index in [2.05, 4.69) is 68.3 Å². The minimum atomic E-state index is 0.581.